The molecule has 2 atom stereocenters. The van der Waals surface area contributed by atoms with Crippen molar-refractivity contribution in [2.45, 2.75) is 19.1 Å². The van der Waals surface area contributed by atoms with E-state index >= 15 is 0 Å². The molecule has 4 rings (SSSR count). The average molecular weight is 436 g/mol. The van der Waals surface area contributed by atoms with Gasteiger partial charge in [-0.3, -0.25) is 14.9 Å². The van der Waals surface area contributed by atoms with Crippen molar-refractivity contribution in [1.82, 2.24) is 5.32 Å². The first-order chi connectivity index (χ1) is 15.0. The summed E-state index contributed by atoms with van der Waals surface area (Å²) in [6.45, 7) is 1.47. The number of ether oxygens (including phenoxy) is 1. The maximum Gasteiger partial charge on any atom is 0.413 e. The molecule has 1 unspecified atom stereocenters. The standard InChI is InChI=1S/C23H21N3O4S/c1-14(30-23(29)24-19-12-7-13-31-19)21(27)25-20-17-10-4-3-8-15(17)16-9-5-6-11-18(16)26(2)22(20)28/h3-14,20H,1-2H3,(H,24,29)(H,25,27)/t14?,20-/m0/s1. The Morgan fingerprint density at radius 3 is 2.48 bits per heavy atom. The quantitative estimate of drug-likeness (QED) is 0.643. The highest BCUT2D eigenvalue weighted by molar-refractivity contribution is 7.14. The van der Waals surface area contributed by atoms with Crippen LogP contribution in [-0.2, 0) is 14.3 Å². The summed E-state index contributed by atoms with van der Waals surface area (Å²) in [4.78, 5) is 39.7. The fourth-order valence-corrected chi connectivity index (χ4v) is 4.13. The van der Waals surface area contributed by atoms with Crippen LogP contribution >= 0.6 is 11.3 Å². The van der Waals surface area contributed by atoms with Gasteiger partial charge >= 0.3 is 6.09 Å². The van der Waals surface area contributed by atoms with Gasteiger partial charge in [-0.1, -0.05) is 42.5 Å². The molecule has 0 saturated heterocycles. The monoisotopic (exact) mass is 435 g/mol. The lowest BCUT2D eigenvalue weighted by Crippen LogP contribution is -2.45. The van der Waals surface area contributed by atoms with Gasteiger partial charge in [0.2, 0.25) is 0 Å². The Hall–Kier alpha value is -3.65. The summed E-state index contributed by atoms with van der Waals surface area (Å²) in [5.41, 5.74) is 3.22. The molecule has 8 heteroatoms. The predicted octanol–water partition coefficient (Wildman–Crippen LogP) is 4.19. The zero-order valence-corrected chi connectivity index (χ0v) is 17.8. The number of benzene rings is 2. The van der Waals surface area contributed by atoms with Crippen molar-refractivity contribution in [2.75, 3.05) is 17.3 Å². The smallest absolute Gasteiger partial charge is 0.413 e. The zero-order valence-electron chi connectivity index (χ0n) is 17.0. The number of thiophene rings is 1. The van der Waals surface area contributed by atoms with Crippen LogP contribution in [0.3, 0.4) is 0 Å². The lowest BCUT2D eigenvalue weighted by molar-refractivity contribution is -0.132. The number of hydrogen-bond acceptors (Lipinski definition) is 5. The van der Waals surface area contributed by atoms with Gasteiger partial charge in [-0.25, -0.2) is 4.79 Å². The van der Waals surface area contributed by atoms with E-state index in [-0.39, 0.29) is 5.91 Å². The van der Waals surface area contributed by atoms with E-state index in [4.69, 9.17) is 4.74 Å². The minimum Gasteiger partial charge on any atom is -0.436 e. The molecule has 0 radical (unpaired) electrons. The van der Waals surface area contributed by atoms with Crippen molar-refractivity contribution in [3.63, 3.8) is 0 Å². The van der Waals surface area contributed by atoms with Gasteiger partial charge in [0, 0.05) is 12.6 Å². The first kappa shape index (κ1) is 20.6. The second-order valence-corrected chi connectivity index (χ2v) is 8.04. The number of carbonyl (C=O) groups is 3. The van der Waals surface area contributed by atoms with Crippen LogP contribution in [0.2, 0.25) is 0 Å². The van der Waals surface area contributed by atoms with Gasteiger partial charge < -0.3 is 15.0 Å². The number of nitrogens with zero attached hydrogens (tertiary/aromatic N) is 1. The summed E-state index contributed by atoms with van der Waals surface area (Å²) in [5, 5.41) is 7.76. The Bertz CT molecular complexity index is 1130. The van der Waals surface area contributed by atoms with Gasteiger partial charge in [-0.2, -0.15) is 0 Å². The molecule has 2 aromatic carbocycles. The van der Waals surface area contributed by atoms with E-state index in [2.05, 4.69) is 10.6 Å². The summed E-state index contributed by atoms with van der Waals surface area (Å²) in [6.07, 6.45) is -1.82. The summed E-state index contributed by atoms with van der Waals surface area (Å²) in [7, 11) is 1.68. The Balaban J connectivity index is 1.55. The fourth-order valence-electron chi connectivity index (χ4n) is 3.53. The van der Waals surface area contributed by atoms with Crippen molar-refractivity contribution in [2.24, 2.45) is 0 Å². The molecule has 0 fully saturated rings. The highest BCUT2D eigenvalue weighted by Crippen LogP contribution is 2.39. The average Bonchev–Trinajstić information content (AvgIpc) is 3.26. The van der Waals surface area contributed by atoms with Gasteiger partial charge in [-0.15, -0.1) is 11.3 Å². The van der Waals surface area contributed by atoms with E-state index in [1.165, 1.54) is 23.2 Å². The molecule has 2 N–H and O–H groups in total. The van der Waals surface area contributed by atoms with Gasteiger partial charge in [0.05, 0.1) is 10.7 Å². The maximum absolute atomic E-state index is 13.3. The number of likely N-dealkylation sites (N-methyl/N-ethyl adjacent to an activating group) is 1. The van der Waals surface area contributed by atoms with Crippen molar-refractivity contribution in [3.05, 3.63) is 71.6 Å². The van der Waals surface area contributed by atoms with E-state index in [0.717, 1.165) is 16.8 Å². The molecule has 1 aliphatic heterocycles. The summed E-state index contributed by atoms with van der Waals surface area (Å²) in [5.74, 6) is -0.838. The second-order valence-electron chi connectivity index (χ2n) is 7.09. The van der Waals surface area contributed by atoms with Crippen molar-refractivity contribution in [1.29, 1.82) is 0 Å². The minimum atomic E-state index is -1.09. The molecular weight excluding hydrogens is 414 g/mol. The molecule has 0 bridgehead atoms. The van der Waals surface area contributed by atoms with Crippen LogP contribution in [0.4, 0.5) is 15.5 Å². The third-order valence-corrected chi connectivity index (χ3v) is 5.88. The number of carbonyl (C=O) groups excluding carboxylic acids is 3. The van der Waals surface area contributed by atoms with Crippen LogP contribution in [0.5, 0.6) is 0 Å². The molecular formula is C23H21N3O4S. The van der Waals surface area contributed by atoms with Crippen LogP contribution in [0.25, 0.3) is 11.1 Å². The molecule has 0 aliphatic carbocycles. The lowest BCUT2D eigenvalue weighted by atomic mass is 9.95. The van der Waals surface area contributed by atoms with Crippen LogP contribution in [0.15, 0.2) is 66.0 Å². The van der Waals surface area contributed by atoms with Crippen LogP contribution in [0, 0.1) is 0 Å². The number of para-hydroxylation sites is 1. The molecule has 1 aliphatic rings. The Kier molecular flexibility index (Phi) is 5.73. The molecule has 0 spiro atoms. The van der Waals surface area contributed by atoms with Crippen LogP contribution in [0.1, 0.15) is 18.5 Å². The highest BCUT2D eigenvalue weighted by Gasteiger charge is 2.34. The number of fused-ring (bicyclic) bond motifs is 3. The van der Waals surface area contributed by atoms with E-state index < -0.39 is 24.1 Å². The van der Waals surface area contributed by atoms with Crippen molar-refractivity contribution >= 4 is 39.9 Å². The molecule has 0 saturated carbocycles. The molecule has 31 heavy (non-hydrogen) atoms. The van der Waals surface area contributed by atoms with Crippen LogP contribution in [-0.4, -0.2) is 31.1 Å². The zero-order chi connectivity index (χ0) is 22.0. The topological polar surface area (TPSA) is 87.7 Å². The molecule has 158 valence electrons. The number of rotatable bonds is 4. The second kappa shape index (κ2) is 8.61. The van der Waals surface area contributed by atoms with Crippen molar-refractivity contribution < 1.29 is 19.1 Å². The molecule has 1 aromatic heterocycles. The third-order valence-electron chi connectivity index (χ3n) is 5.09. The van der Waals surface area contributed by atoms with E-state index in [1.54, 1.807) is 19.2 Å². The summed E-state index contributed by atoms with van der Waals surface area (Å²) >= 11 is 1.34. The predicted molar refractivity (Wildman–Crippen MR) is 120 cm³/mol. The van der Waals surface area contributed by atoms with Crippen LogP contribution < -0.4 is 15.5 Å². The Labute approximate surface area is 183 Å². The van der Waals surface area contributed by atoms with E-state index in [9.17, 15) is 14.4 Å². The van der Waals surface area contributed by atoms with Crippen molar-refractivity contribution in [3.8, 4) is 11.1 Å². The van der Waals surface area contributed by atoms with E-state index in [0.29, 0.717) is 10.6 Å². The normalized spacial score (nSPS) is 15.9. The fraction of sp³-hybridized carbons (Fsp3) is 0.174. The molecule has 3 amide bonds. The number of hydrogen-bond donors (Lipinski definition) is 2. The third kappa shape index (κ3) is 4.15. The summed E-state index contributed by atoms with van der Waals surface area (Å²) in [6, 6.07) is 17.7. The minimum absolute atomic E-state index is 0.277. The SMILES string of the molecule is CC(OC(=O)Nc1cccs1)C(=O)N[C@@H]1C(=O)N(C)c2ccccc2-c2ccccc21. The first-order valence-corrected chi connectivity index (χ1v) is 10.6. The highest BCUT2D eigenvalue weighted by atomic mass is 32.1. The first-order valence-electron chi connectivity index (χ1n) is 9.73. The number of anilines is 2. The Morgan fingerprint density at radius 1 is 1.03 bits per heavy atom. The largest absolute Gasteiger partial charge is 0.436 e. The number of nitrogens with one attached hydrogen (secondary N) is 2. The van der Waals surface area contributed by atoms with E-state index in [1.807, 2.05) is 53.9 Å². The van der Waals surface area contributed by atoms with Gasteiger partial charge in [0.25, 0.3) is 11.8 Å². The molecule has 3 aromatic rings. The van der Waals surface area contributed by atoms with Gasteiger partial charge in [0.15, 0.2) is 6.10 Å². The lowest BCUT2D eigenvalue weighted by Gasteiger charge is -2.24. The Morgan fingerprint density at radius 2 is 1.74 bits per heavy atom. The van der Waals surface area contributed by atoms with Gasteiger partial charge in [-0.05, 0) is 41.6 Å². The maximum atomic E-state index is 13.3. The summed E-state index contributed by atoms with van der Waals surface area (Å²) < 4.78 is 5.19. The molecule has 2 heterocycles. The number of amides is 3. The van der Waals surface area contributed by atoms with Gasteiger partial charge in [0.1, 0.15) is 6.04 Å². The molecule has 7 nitrogen and oxygen atoms in total.